The predicted molar refractivity (Wildman–Crippen MR) is 47.4 cm³/mol. The maximum Gasteiger partial charge on any atom is 0.354 e. The number of hydrogen-bond acceptors (Lipinski definition) is 4. The summed E-state index contributed by atoms with van der Waals surface area (Å²) in [6.45, 7) is 0. The van der Waals surface area contributed by atoms with Gasteiger partial charge in [-0.3, -0.25) is 0 Å². The zero-order chi connectivity index (χ0) is 12.3. The van der Waals surface area contributed by atoms with E-state index in [9.17, 15) is 13.6 Å². The Balaban J connectivity index is 3.51. The van der Waals surface area contributed by atoms with Gasteiger partial charge in [-0.2, -0.15) is 5.26 Å². The van der Waals surface area contributed by atoms with Crippen LogP contribution in [0.1, 0.15) is 28.2 Å². The van der Waals surface area contributed by atoms with E-state index in [1.54, 1.807) is 6.07 Å². The molecule has 1 N–H and O–H groups in total. The van der Waals surface area contributed by atoms with Crippen LogP contribution in [-0.2, 0) is 0 Å². The zero-order valence-corrected chi connectivity index (χ0v) is 8.07. The van der Waals surface area contributed by atoms with Crippen molar-refractivity contribution in [1.82, 2.24) is 4.98 Å². The van der Waals surface area contributed by atoms with E-state index >= 15 is 0 Å². The molecule has 16 heavy (non-hydrogen) atoms. The van der Waals surface area contributed by atoms with E-state index in [0.717, 1.165) is 13.2 Å². The highest BCUT2D eigenvalue weighted by molar-refractivity contribution is 5.86. The van der Waals surface area contributed by atoms with Crippen LogP contribution >= 0.6 is 0 Å². The molecule has 0 bridgehead atoms. The van der Waals surface area contributed by atoms with Gasteiger partial charge in [0.25, 0.3) is 6.43 Å². The number of halogens is 2. The number of aromatic carboxylic acids is 1. The molecule has 0 saturated heterocycles. The Morgan fingerprint density at radius 3 is 2.69 bits per heavy atom. The molecule has 5 nitrogen and oxygen atoms in total. The number of carboxylic acids is 1. The molecule has 1 aromatic rings. The molecule has 0 spiro atoms. The van der Waals surface area contributed by atoms with Gasteiger partial charge in [-0.1, -0.05) is 0 Å². The van der Waals surface area contributed by atoms with Crippen molar-refractivity contribution in [1.29, 1.82) is 5.26 Å². The van der Waals surface area contributed by atoms with Crippen LogP contribution < -0.4 is 4.74 Å². The maximum absolute atomic E-state index is 12.5. The lowest BCUT2D eigenvalue weighted by atomic mass is 10.1. The fourth-order valence-corrected chi connectivity index (χ4v) is 1.11. The lowest BCUT2D eigenvalue weighted by Crippen LogP contribution is -2.07. The van der Waals surface area contributed by atoms with Crippen LogP contribution in [0.2, 0.25) is 0 Å². The summed E-state index contributed by atoms with van der Waals surface area (Å²) in [5, 5.41) is 17.3. The third-order valence-electron chi connectivity index (χ3n) is 1.75. The molecule has 0 aliphatic rings. The third-order valence-corrected chi connectivity index (χ3v) is 1.75. The highest BCUT2D eigenvalue weighted by Gasteiger charge is 2.22. The molecule has 0 fully saturated rings. The number of aromatic nitrogens is 1. The number of ether oxygens (including phenoxy) is 1. The zero-order valence-electron chi connectivity index (χ0n) is 8.07. The number of carboxylic acid groups (broad SMARTS) is 1. The molecule has 0 aromatic carbocycles. The van der Waals surface area contributed by atoms with Gasteiger partial charge in [-0.25, -0.2) is 18.6 Å². The minimum atomic E-state index is -3.01. The smallest absolute Gasteiger partial charge is 0.354 e. The summed E-state index contributed by atoms with van der Waals surface area (Å²) in [4.78, 5) is 13.8. The standard InChI is InChI=1S/C9H6F2N2O3/c1-16-7-4(3-12)2-5(9(14)15)13-6(7)8(10)11/h2,8H,1H3,(H,14,15). The van der Waals surface area contributed by atoms with E-state index < -0.39 is 29.5 Å². The third kappa shape index (κ3) is 2.06. The number of alkyl halides is 2. The maximum atomic E-state index is 12.5. The highest BCUT2D eigenvalue weighted by Crippen LogP contribution is 2.30. The SMILES string of the molecule is COc1c(C#N)cc(C(=O)O)nc1C(F)F. The van der Waals surface area contributed by atoms with E-state index in [4.69, 9.17) is 10.4 Å². The minimum Gasteiger partial charge on any atom is -0.493 e. The Kier molecular flexibility index (Phi) is 3.35. The first-order valence-corrected chi connectivity index (χ1v) is 4.01. The summed E-state index contributed by atoms with van der Waals surface area (Å²) in [5.74, 6) is -1.89. The van der Waals surface area contributed by atoms with Crippen molar-refractivity contribution in [3.63, 3.8) is 0 Å². The van der Waals surface area contributed by atoms with E-state index in [-0.39, 0.29) is 5.56 Å². The van der Waals surface area contributed by atoms with E-state index in [1.165, 1.54) is 0 Å². The number of carbonyl (C=O) groups is 1. The normalized spacial score (nSPS) is 9.94. The second-order valence-electron chi connectivity index (χ2n) is 2.69. The number of rotatable bonds is 3. The second-order valence-corrected chi connectivity index (χ2v) is 2.69. The molecule has 0 aliphatic carbocycles. The molecule has 1 heterocycles. The number of pyridine rings is 1. The van der Waals surface area contributed by atoms with Crippen LogP contribution in [0.3, 0.4) is 0 Å². The fourth-order valence-electron chi connectivity index (χ4n) is 1.11. The van der Waals surface area contributed by atoms with Crippen molar-refractivity contribution in [2.45, 2.75) is 6.43 Å². The lowest BCUT2D eigenvalue weighted by molar-refractivity contribution is 0.0688. The molecule has 0 unspecified atom stereocenters. The highest BCUT2D eigenvalue weighted by atomic mass is 19.3. The van der Waals surface area contributed by atoms with Crippen LogP contribution in [0.5, 0.6) is 5.75 Å². The quantitative estimate of drug-likeness (QED) is 0.849. The molecule has 84 valence electrons. The summed E-state index contributed by atoms with van der Waals surface area (Å²) in [6, 6.07) is 2.46. The monoisotopic (exact) mass is 228 g/mol. The molecule has 7 heteroatoms. The van der Waals surface area contributed by atoms with Gasteiger partial charge in [0.05, 0.1) is 12.7 Å². The molecule has 1 rings (SSSR count). The Bertz CT molecular complexity index is 469. The van der Waals surface area contributed by atoms with Crippen molar-refractivity contribution in [3.8, 4) is 11.8 Å². The summed E-state index contributed by atoms with van der Waals surface area (Å²) in [7, 11) is 1.10. The van der Waals surface area contributed by atoms with E-state index in [2.05, 4.69) is 9.72 Å². The largest absolute Gasteiger partial charge is 0.493 e. The number of methoxy groups -OCH3 is 1. The van der Waals surface area contributed by atoms with Crippen molar-refractivity contribution >= 4 is 5.97 Å². The van der Waals surface area contributed by atoms with Crippen molar-refractivity contribution in [2.24, 2.45) is 0 Å². The van der Waals surface area contributed by atoms with Crippen molar-refractivity contribution < 1.29 is 23.4 Å². The van der Waals surface area contributed by atoms with Gasteiger partial charge in [0, 0.05) is 0 Å². The average molecular weight is 228 g/mol. The Labute approximate surface area is 88.9 Å². The fraction of sp³-hybridized carbons (Fsp3) is 0.222. The second kappa shape index (κ2) is 4.53. The van der Waals surface area contributed by atoms with Crippen LogP contribution in [0.15, 0.2) is 6.07 Å². The first kappa shape index (κ1) is 11.8. The van der Waals surface area contributed by atoms with Gasteiger partial charge < -0.3 is 9.84 Å². The molecule has 0 saturated carbocycles. The first-order valence-electron chi connectivity index (χ1n) is 4.01. The lowest BCUT2D eigenvalue weighted by Gasteiger charge is -2.09. The van der Waals surface area contributed by atoms with Gasteiger partial charge in [0.1, 0.15) is 11.8 Å². The predicted octanol–water partition coefficient (Wildman–Crippen LogP) is 1.60. The van der Waals surface area contributed by atoms with Crippen LogP contribution in [0.4, 0.5) is 8.78 Å². The van der Waals surface area contributed by atoms with Crippen molar-refractivity contribution in [2.75, 3.05) is 7.11 Å². The van der Waals surface area contributed by atoms with Gasteiger partial charge in [0.15, 0.2) is 11.4 Å². The first-order chi connectivity index (χ1) is 7.51. The Morgan fingerprint density at radius 1 is 1.69 bits per heavy atom. The topological polar surface area (TPSA) is 83.2 Å². The minimum absolute atomic E-state index is 0.287. The van der Waals surface area contributed by atoms with Crippen LogP contribution in [0.25, 0.3) is 0 Å². The van der Waals surface area contributed by atoms with E-state index in [0.29, 0.717) is 0 Å². The van der Waals surface area contributed by atoms with Gasteiger partial charge in [0.2, 0.25) is 0 Å². The summed E-state index contributed by atoms with van der Waals surface area (Å²) in [5.41, 5.74) is -1.75. The molecule has 0 radical (unpaired) electrons. The van der Waals surface area contributed by atoms with Gasteiger partial charge in [-0.05, 0) is 6.07 Å². The summed E-state index contributed by atoms with van der Waals surface area (Å²) < 4.78 is 29.7. The number of nitrogens with zero attached hydrogens (tertiary/aromatic N) is 2. The van der Waals surface area contributed by atoms with Gasteiger partial charge in [-0.15, -0.1) is 0 Å². The summed E-state index contributed by atoms with van der Waals surface area (Å²) in [6.07, 6.45) is -3.01. The molecule has 0 amide bonds. The van der Waals surface area contributed by atoms with Crippen molar-refractivity contribution in [3.05, 3.63) is 23.0 Å². The number of hydrogen-bond donors (Lipinski definition) is 1. The molecule has 0 aliphatic heterocycles. The molecule has 1 aromatic heterocycles. The molecular weight excluding hydrogens is 222 g/mol. The Hall–Kier alpha value is -2.23. The van der Waals surface area contributed by atoms with Gasteiger partial charge >= 0.3 is 5.97 Å². The average Bonchev–Trinajstić information content (AvgIpc) is 2.26. The van der Waals surface area contributed by atoms with E-state index in [1.807, 2.05) is 0 Å². The van der Waals surface area contributed by atoms with Crippen LogP contribution in [-0.4, -0.2) is 23.2 Å². The summed E-state index contributed by atoms with van der Waals surface area (Å²) >= 11 is 0. The Morgan fingerprint density at radius 2 is 2.31 bits per heavy atom. The number of nitriles is 1. The molecular formula is C9H6F2N2O3. The molecule has 0 atom stereocenters. The van der Waals surface area contributed by atoms with Crippen LogP contribution in [0, 0.1) is 11.3 Å².